The molecule has 2 N–H and O–H groups in total. The predicted molar refractivity (Wildman–Crippen MR) is 103 cm³/mol. The minimum atomic E-state index is -0.443. The van der Waals surface area contributed by atoms with Crippen LogP contribution in [0.5, 0.6) is 0 Å². The highest BCUT2D eigenvalue weighted by molar-refractivity contribution is 6.36. The van der Waals surface area contributed by atoms with Gasteiger partial charge in [-0.05, 0) is 43.2 Å². The van der Waals surface area contributed by atoms with Crippen LogP contribution >= 0.6 is 23.2 Å². The van der Waals surface area contributed by atoms with Gasteiger partial charge in [0.15, 0.2) is 0 Å². The Bertz CT molecular complexity index is 820. The van der Waals surface area contributed by atoms with Crippen LogP contribution in [0.4, 0.5) is 5.69 Å². The highest BCUT2D eigenvalue weighted by Crippen LogP contribution is 2.25. The van der Waals surface area contributed by atoms with Gasteiger partial charge in [0.25, 0.3) is 11.8 Å². The number of amides is 2. The van der Waals surface area contributed by atoms with Crippen LogP contribution in [0.1, 0.15) is 53.1 Å². The standard InChI is InChI=1S/C19H19Cl2N3O2/c20-12-9-10-15(14(21)11-12)24-19(26)17-8-4-7-16(23-17)18(25)22-13-5-2-1-3-6-13/h4,7-11,13H,1-3,5-6H2,(H,22,25)(H,24,26). The Balaban J connectivity index is 1.69. The van der Waals surface area contributed by atoms with Crippen molar-refractivity contribution in [1.82, 2.24) is 10.3 Å². The lowest BCUT2D eigenvalue weighted by atomic mass is 9.95. The summed E-state index contributed by atoms with van der Waals surface area (Å²) in [7, 11) is 0. The fraction of sp³-hybridized carbons (Fsp3) is 0.316. The maximum atomic E-state index is 12.4. The van der Waals surface area contributed by atoms with Gasteiger partial charge in [0.2, 0.25) is 0 Å². The van der Waals surface area contributed by atoms with Gasteiger partial charge in [0, 0.05) is 11.1 Å². The normalized spacial score (nSPS) is 14.7. The number of anilines is 1. The van der Waals surface area contributed by atoms with E-state index in [1.54, 1.807) is 36.4 Å². The Labute approximate surface area is 162 Å². The molecule has 26 heavy (non-hydrogen) atoms. The van der Waals surface area contributed by atoms with Crippen molar-refractivity contribution in [2.24, 2.45) is 0 Å². The first-order valence-electron chi connectivity index (χ1n) is 8.57. The van der Waals surface area contributed by atoms with Crippen LogP contribution in [-0.2, 0) is 0 Å². The van der Waals surface area contributed by atoms with E-state index in [9.17, 15) is 9.59 Å². The second-order valence-electron chi connectivity index (χ2n) is 6.29. The van der Waals surface area contributed by atoms with Gasteiger partial charge in [0.1, 0.15) is 11.4 Å². The first-order chi connectivity index (χ1) is 12.5. The molecular formula is C19H19Cl2N3O2. The first-order valence-corrected chi connectivity index (χ1v) is 9.33. The summed E-state index contributed by atoms with van der Waals surface area (Å²) >= 11 is 11.9. The van der Waals surface area contributed by atoms with Crippen molar-refractivity contribution >= 4 is 40.7 Å². The van der Waals surface area contributed by atoms with Gasteiger partial charge in [-0.2, -0.15) is 0 Å². The molecule has 1 aliphatic rings. The van der Waals surface area contributed by atoms with Crippen LogP contribution in [0.3, 0.4) is 0 Å². The Hall–Kier alpha value is -2.11. The quantitative estimate of drug-likeness (QED) is 0.792. The molecule has 1 aromatic carbocycles. The van der Waals surface area contributed by atoms with E-state index in [1.807, 2.05) is 0 Å². The molecule has 2 amide bonds. The third kappa shape index (κ3) is 4.74. The van der Waals surface area contributed by atoms with Crippen LogP contribution in [0, 0.1) is 0 Å². The molecule has 3 rings (SSSR count). The number of nitrogens with one attached hydrogen (secondary N) is 2. The third-order valence-corrected chi connectivity index (χ3v) is 4.88. The van der Waals surface area contributed by atoms with Crippen molar-refractivity contribution in [3.05, 3.63) is 57.8 Å². The van der Waals surface area contributed by atoms with E-state index in [0.717, 1.165) is 25.7 Å². The summed E-state index contributed by atoms with van der Waals surface area (Å²) in [5.74, 6) is -0.697. The molecule has 1 heterocycles. The zero-order valence-corrected chi connectivity index (χ0v) is 15.6. The fourth-order valence-corrected chi connectivity index (χ4v) is 3.43. The molecule has 1 aliphatic carbocycles. The molecule has 1 fully saturated rings. The monoisotopic (exact) mass is 391 g/mol. The lowest BCUT2D eigenvalue weighted by Gasteiger charge is -2.22. The van der Waals surface area contributed by atoms with Gasteiger partial charge in [-0.15, -0.1) is 0 Å². The van der Waals surface area contributed by atoms with Gasteiger partial charge in [-0.25, -0.2) is 4.98 Å². The van der Waals surface area contributed by atoms with E-state index >= 15 is 0 Å². The van der Waals surface area contributed by atoms with E-state index in [2.05, 4.69) is 15.6 Å². The van der Waals surface area contributed by atoms with Crippen molar-refractivity contribution in [1.29, 1.82) is 0 Å². The van der Waals surface area contributed by atoms with Crippen LogP contribution < -0.4 is 10.6 Å². The van der Waals surface area contributed by atoms with Crippen LogP contribution in [0.2, 0.25) is 10.0 Å². The third-order valence-electron chi connectivity index (χ3n) is 4.33. The molecule has 136 valence electrons. The maximum Gasteiger partial charge on any atom is 0.274 e. The zero-order valence-electron chi connectivity index (χ0n) is 14.1. The average Bonchev–Trinajstić information content (AvgIpc) is 2.65. The first kappa shape index (κ1) is 18.7. The van der Waals surface area contributed by atoms with E-state index in [-0.39, 0.29) is 23.3 Å². The number of pyridine rings is 1. The van der Waals surface area contributed by atoms with Crippen molar-refractivity contribution in [3.8, 4) is 0 Å². The van der Waals surface area contributed by atoms with E-state index in [4.69, 9.17) is 23.2 Å². The average molecular weight is 392 g/mol. The number of hydrogen-bond donors (Lipinski definition) is 2. The largest absolute Gasteiger partial charge is 0.348 e. The molecule has 1 saturated carbocycles. The number of halogens is 2. The maximum absolute atomic E-state index is 12.4. The lowest BCUT2D eigenvalue weighted by Crippen LogP contribution is -2.36. The molecule has 1 aromatic heterocycles. The molecule has 0 aliphatic heterocycles. The van der Waals surface area contributed by atoms with E-state index in [1.165, 1.54) is 6.42 Å². The van der Waals surface area contributed by atoms with E-state index < -0.39 is 5.91 Å². The highest BCUT2D eigenvalue weighted by Gasteiger charge is 2.18. The van der Waals surface area contributed by atoms with Crippen molar-refractivity contribution in [2.75, 3.05) is 5.32 Å². The summed E-state index contributed by atoms with van der Waals surface area (Å²) in [5.41, 5.74) is 0.803. The molecule has 2 aromatic rings. The van der Waals surface area contributed by atoms with E-state index in [0.29, 0.717) is 15.7 Å². The topological polar surface area (TPSA) is 71.1 Å². The molecule has 0 atom stereocenters. The van der Waals surface area contributed by atoms with Crippen molar-refractivity contribution < 1.29 is 9.59 Å². The fourth-order valence-electron chi connectivity index (χ4n) is 2.97. The molecule has 0 bridgehead atoms. The van der Waals surface area contributed by atoms with Crippen LogP contribution in [0.25, 0.3) is 0 Å². The summed E-state index contributed by atoms with van der Waals surface area (Å²) in [4.78, 5) is 29.0. The van der Waals surface area contributed by atoms with Crippen LogP contribution in [0.15, 0.2) is 36.4 Å². The summed E-state index contributed by atoms with van der Waals surface area (Å²) in [6.07, 6.45) is 5.45. The second kappa shape index (κ2) is 8.52. The Kier molecular flexibility index (Phi) is 6.12. The SMILES string of the molecule is O=C(Nc1ccc(Cl)cc1Cl)c1cccc(C(=O)NC2CCCCC2)n1. The molecular weight excluding hydrogens is 373 g/mol. The predicted octanol–water partition coefficient (Wildman–Crippen LogP) is 4.70. The number of carbonyl (C=O) groups excluding carboxylic acids is 2. The molecule has 0 saturated heterocycles. The minimum Gasteiger partial charge on any atom is -0.348 e. The summed E-state index contributed by atoms with van der Waals surface area (Å²) in [6.45, 7) is 0. The minimum absolute atomic E-state index is 0.146. The number of nitrogens with zero attached hydrogens (tertiary/aromatic N) is 1. The van der Waals surface area contributed by atoms with Crippen LogP contribution in [-0.4, -0.2) is 22.8 Å². The lowest BCUT2D eigenvalue weighted by molar-refractivity contribution is 0.0922. The van der Waals surface area contributed by atoms with Gasteiger partial charge in [-0.3, -0.25) is 9.59 Å². The Morgan fingerprint density at radius 3 is 2.35 bits per heavy atom. The summed E-state index contributed by atoms with van der Waals surface area (Å²) in [5, 5.41) is 6.48. The number of aromatic nitrogens is 1. The van der Waals surface area contributed by atoms with Gasteiger partial charge in [-0.1, -0.05) is 48.5 Å². The van der Waals surface area contributed by atoms with Crippen molar-refractivity contribution in [2.45, 2.75) is 38.1 Å². The molecule has 5 nitrogen and oxygen atoms in total. The molecule has 0 unspecified atom stereocenters. The van der Waals surface area contributed by atoms with Crippen molar-refractivity contribution in [3.63, 3.8) is 0 Å². The number of carbonyl (C=O) groups is 2. The van der Waals surface area contributed by atoms with Gasteiger partial charge in [0.05, 0.1) is 10.7 Å². The smallest absolute Gasteiger partial charge is 0.274 e. The molecule has 0 spiro atoms. The molecule has 7 heteroatoms. The summed E-state index contributed by atoms with van der Waals surface area (Å²) < 4.78 is 0. The number of hydrogen-bond acceptors (Lipinski definition) is 3. The molecule has 0 radical (unpaired) electrons. The Morgan fingerprint density at radius 2 is 1.65 bits per heavy atom. The number of benzene rings is 1. The zero-order chi connectivity index (χ0) is 18.5. The van der Waals surface area contributed by atoms with Gasteiger partial charge >= 0.3 is 0 Å². The van der Waals surface area contributed by atoms with Gasteiger partial charge < -0.3 is 10.6 Å². The summed E-state index contributed by atoms with van der Waals surface area (Å²) in [6, 6.07) is 9.76. The highest BCUT2D eigenvalue weighted by atomic mass is 35.5. The number of rotatable bonds is 4. The second-order valence-corrected chi connectivity index (χ2v) is 7.14. The Morgan fingerprint density at radius 1 is 0.962 bits per heavy atom.